The van der Waals surface area contributed by atoms with Gasteiger partial charge in [-0.3, -0.25) is 15.5 Å². The molecule has 0 aliphatic carbocycles. The van der Waals surface area contributed by atoms with Crippen LogP contribution >= 0.6 is 11.6 Å². The van der Waals surface area contributed by atoms with Crippen LogP contribution in [0.5, 0.6) is 0 Å². The summed E-state index contributed by atoms with van der Waals surface area (Å²) >= 11 is 5.72. The van der Waals surface area contributed by atoms with Gasteiger partial charge in [0.15, 0.2) is 0 Å². The topological polar surface area (TPSA) is 67.5 Å². The number of alkyl halides is 3. The summed E-state index contributed by atoms with van der Waals surface area (Å²) in [7, 11) is 0. The van der Waals surface area contributed by atoms with Gasteiger partial charge in [0.25, 0.3) is 5.69 Å². The second kappa shape index (κ2) is 6.66. The summed E-state index contributed by atoms with van der Waals surface area (Å²) in [5, 5.41) is 15.2. The molecule has 0 aromatic heterocycles. The van der Waals surface area contributed by atoms with Crippen molar-refractivity contribution in [1.82, 2.24) is 0 Å². The first-order chi connectivity index (χ1) is 10.8. The summed E-state index contributed by atoms with van der Waals surface area (Å²) in [6.45, 7) is 0. The molecular weight excluding hydrogens is 335 g/mol. The Morgan fingerprint density at radius 1 is 1.17 bits per heavy atom. The molecule has 0 aliphatic rings. The first-order valence-electron chi connectivity index (χ1n) is 6.17. The average molecular weight is 344 g/mol. The monoisotopic (exact) mass is 343 g/mol. The highest BCUT2D eigenvalue weighted by molar-refractivity contribution is 6.30. The van der Waals surface area contributed by atoms with Gasteiger partial charge in [-0.15, -0.1) is 0 Å². The highest BCUT2D eigenvalue weighted by Crippen LogP contribution is 2.34. The molecule has 0 saturated heterocycles. The molecule has 9 heteroatoms. The van der Waals surface area contributed by atoms with Crippen molar-refractivity contribution in [2.75, 3.05) is 5.43 Å². The largest absolute Gasteiger partial charge is 0.416 e. The minimum atomic E-state index is -4.66. The quantitative estimate of drug-likeness (QED) is 0.496. The van der Waals surface area contributed by atoms with Crippen molar-refractivity contribution < 1.29 is 18.1 Å². The number of rotatable bonds is 4. The smallest absolute Gasteiger partial charge is 0.272 e. The number of halogens is 4. The van der Waals surface area contributed by atoms with Crippen LogP contribution in [-0.2, 0) is 6.18 Å². The molecule has 2 rings (SSSR count). The zero-order chi connectivity index (χ0) is 17.0. The van der Waals surface area contributed by atoms with E-state index < -0.39 is 22.4 Å². The maximum atomic E-state index is 12.6. The fraction of sp³-hybridized carbons (Fsp3) is 0.0714. The van der Waals surface area contributed by atoms with E-state index >= 15 is 0 Å². The first kappa shape index (κ1) is 16.8. The second-order valence-electron chi connectivity index (χ2n) is 4.41. The molecule has 2 aromatic carbocycles. The zero-order valence-electron chi connectivity index (χ0n) is 11.3. The van der Waals surface area contributed by atoms with Gasteiger partial charge in [0.1, 0.15) is 5.69 Å². The fourth-order valence-corrected chi connectivity index (χ4v) is 1.80. The number of hydrogen-bond donors (Lipinski definition) is 1. The fourth-order valence-electron chi connectivity index (χ4n) is 1.68. The molecule has 0 aliphatic heterocycles. The van der Waals surface area contributed by atoms with Crippen LogP contribution in [0.1, 0.15) is 11.1 Å². The van der Waals surface area contributed by atoms with Crippen molar-refractivity contribution in [1.29, 1.82) is 0 Å². The third kappa shape index (κ3) is 4.43. The van der Waals surface area contributed by atoms with Gasteiger partial charge in [-0.2, -0.15) is 18.3 Å². The van der Waals surface area contributed by atoms with Crippen LogP contribution in [0.3, 0.4) is 0 Å². The van der Waals surface area contributed by atoms with E-state index in [9.17, 15) is 23.3 Å². The summed E-state index contributed by atoms with van der Waals surface area (Å²) in [6, 6.07) is 8.74. The van der Waals surface area contributed by atoms with Gasteiger partial charge >= 0.3 is 6.18 Å². The molecule has 0 heterocycles. The van der Waals surface area contributed by atoms with E-state index in [0.717, 1.165) is 12.1 Å². The van der Waals surface area contributed by atoms with Crippen LogP contribution in [0, 0.1) is 10.1 Å². The van der Waals surface area contributed by atoms with E-state index in [1.54, 1.807) is 24.3 Å². The Hall–Kier alpha value is -2.61. The third-order valence-corrected chi connectivity index (χ3v) is 3.04. The second-order valence-corrected chi connectivity index (χ2v) is 4.84. The normalized spacial score (nSPS) is 11.7. The molecule has 5 nitrogen and oxygen atoms in total. The van der Waals surface area contributed by atoms with E-state index in [1.165, 1.54) is 6.21 Å². The summed E-state index contributed by atoms with van der Waals surface area (Å²) in [5.41, 5.74) is 1.07. The Morgan fingerprint density at radius 2 is 1.83 bits per heavy atom. The molecule has 0 spiro atoms. The molecule has 0 saturated carbocycles. The molecule has 23 heavy (non-hydrogen) atoms. The summed E-state index contributed by atoms with van der Waals surface area (Å²) in [6.07, 6.45) is -3.30. The number of nitrogens with zero attached hydrogens (tertiary/aromatic N) is 2. The standard InChI is InChI=1S/C14H9ClF3N3O2/c15-11-4-1-9(2-5-11)8-19-20-12-6-3-10(14(16,17)18)7-13(12)21(22)23/h1-8,20H. The Kier molecular flexibility index (Phi) is 4.85. The Labute approximate surface area is 133 Å². The Balaban J connectivity index is 2.22. The van der Waals surface area contributed by atoms with Crippen molar-refractivity contribution in [2.45, 2.75) is 6.18 Å². The molecule has 0 amide bonds. The van der Waals surface area contributed by atoms with E-state index in [0.29, 0.717) is 16.7 Å². The molecule has 0 fully saturated rings. The average Bonchev–Trinajstić information content (AvgIpc) is 2.48. The first-order valence-corrected chi connectivity index (χ1v) is 6.55. The van der Waals surface area contributed by atoms with E-state index in [1.807, 2.05) is 0 Å². The van der Waals surface area contributed by atoms with Gasteiger partial charge in [-0.25, -0.2) is 0 Å². The van der Waals surface area contributed by atoms with Crippen molar-refractivity contribution in [3.63, 3.8) is 0 Å². The molecule has 0 bridgehead atoms. The van der Waals surface area contributed by atoms with Gasteiger partial charge in [-0.05, 0) is 29.8 Å². The van der Waals surface area contributed by atoms with Crippen molar-refractivity contribution in [3.8, 4) is 0 Å². The predicted octanol–water partition coefficient (Wildman–Crippen LogP) is 4.71. The van der Waals surface area contributed by atoms with Crippen LogP contribution in [-0.4, -0.2) is 11.1 Å². The van der Waals surface area contributed by atoms with Gasteiger partial charge < -0.3 is 0 Å². The lowest BCUT2D eigenvalue weighted by molar-refractivity contribution is -0.384. The highest BCUT2D eigenvalue weighted by atomic mass is 35.5. The summed E-state index contributed by atoms with van der Waals surface area (Å²) in [4.78, 5) is 10.00. The maximum Gasteiger partial charge on any atom is 0.416 e. The Bertz CT molecular complexity index is 746. The van der Waals surface area contributed by atoms with E-state index in [4.69, 9.17) is 11.6 Å². The third-order valence-electron chi connectivity index (χ3n) is 2.79. The minimum Gasteiger partial charge on any atom is -0.272 e. The van der Waals surface area contributed by atoms with Crippen molar-refractivity contribution in [3.05, 3.63) is 68.7 Å². The van der Waals surface area contributed by atoms with E-state index in [2.05, 4.69) is 10.5 Å². The molecule has 0 atom stereocenters. The summed E-state index contributed by atoms with van der Waals surface area (Å²) in [5.74, 6) is 0. The Morgan fingerprint density at radius 3 is 2.39 bits per heavy atom. The number of nitrogens with one attached hydrogen (secondary N) is 1. The van der Waals surface area contributed by atoms with Crippen LogP contribution in [0.15, 0.2) is 47.6 Å². The van der Waals surface area contributed by atoms with Gasteiger partial charge in [0, 0.05) is 11.1 Å². The molecule has 120 valence electrons. The lowest BCUT2D eigenvalue weighted by Crippen LogP contribution is -2.06. The predicted molar refractivity (Wildman–Crippen MR) is 80.8 cm³/mol. The number of hydrogen-bond acceptors (Lipinski definition) is 4. The molecular formula is C14H9ClF3N3O2. The van der Waals surface area contributed by atoms with Crippen molar-refractivity contribution in [2.24, 2.45) is 5.10 Å². The zero-order valence-corrected chi connectivity index (χ0v) is 12.1. The van der Waals surface area contributed by atoms with E-state index in [-0.39, 0.29) is 5.69 Å². The number of hydrazone groups is 1. The number of nitro groups is 1. The number of nitro benzene ring substituents is 1. The van der Waals surface area contributed by atoms with Gasteiger partial charge in [0.05, 0.1) is 16.7 Å². The maximum absolute atomic E-state index is 12.6. The molecule has 1 N–H and O–H groups in total. The SMILES string of the molecule is O=[N+]([O-])c1cc(C(F)(F)F)ccc1NN=Cc1ccc(Cl)cc1. The number of anilines is 1. The lowest BCUT2D eigenvalue weighted by atomic mass is 10.1. The molecule has 0 radical (unpaired) electrons. The minimum absolute atomic E-state index is 0.145. The van der Waals surface area contributed by atoms with Crippen molar-refractivity contribution >= 4 is 29.2 Å². The van der Waals surface area contributed by atoms with Crippen LogP contribution in [0.2, 0.25) is 5.02 Å². The number of benzene rings is 2. The highest BCUT2D eigenvalue weighted by Gasteiger charge is 2.33. The van der Waals surface area contributed by atoms with Crippen LogP contribution in [0.4, 0.5) is 24.5 Å². The van der Waals surface area contributed by atoms with Crippen LogP contribution in [0.25, 0.3) is 0 Å². The lowest BCUT2D eigenvalue weighted by Gasteiger charge is -2.08. The van der Waals surface area contributed by atoms with Crippen LogP contribution < -0.4 is 5.43 Å². The summed E-state index contributed by atoms with van der Waals surface area (Å²) < 4.78 is 37.8. The van der Waals surface area contributed by atoms with Gasteiger partial charge in [0.2, 0.25) is 0 Å². The molecule has 2 aromatic rings. The van der Waals surface area contributed by atoms with Gasteiger partial charge in [-0.1, -0.05) is 23.7 Å². The molecule has 0 unspecified atom stereocenters.